The van der Waals surface area contributed by atoms with Crippen molar-refractivity contribution in [2.24, 2.45) is 5.92 Å². The maximum atomic E-state index is 13.5. The average molecular weight is 385 g/mol. The Bertz CT molecular complexity index is 760. The summed E-state index contributed by atoms with van der Waals surface area (Å²) in [6.45, 7) is 3.52. The molecular formula is C18H26FN2O4S+. The minimum Gasteiger partial charge on any atom is -0.496 e. The SMILES string of the molecule is COc1ccc(F)cc1C[NH+]1CCN(C(=O)C[C@H]2CCS(=O)(=O)C2)CC1. The number of hydrogen-bond acceptors (Lipinski definition) is 4. The van der Waals surface area contributed by atoms with Gasteiger partial charge in [0.05, 0.1) is 50.4 Å². The van der Waals surface area contributed by atoms with Crippen LogP contribution in [-0.4, -0.2) is 64.0 Å². The number of nitrogens with zero attached hydrogens (tertiary/aromatic N) is 1. The summed E-state index contributed by atoms with van der Waals surface area (Å²) in [6.07, 6.45) is 0.922. The lowest BCUT2D eigenvalue weighted by Crippen LogP contribution is -3.13. The maximum absolute atomic E-state index is 13.5. The topological polar surface area (TPSA) is 68.1 Å². The first-order valence-corrected chi connectivity index (χ1v) is 10.8. The van der Waals surface area contributed by atoms with Gasteiger partial charge in [0.15, 0.2) is 9.84 Å². The monoisotopic (exact) mass is 385 g/mol. The van der Waals surface area contributed by atoms with Crippen molar-refractivity contribution in [1.82, 2.24) is 4.90 Å². The zero-order valence-corrected chi connectivity index (χ0v) is 15.9. The molecule has 0 spiro atoms. The summed E-state index contributed by atoms with van der Waals surface area (Å²) in [7, 11) is -1.37. The van der Waals surface area contributed by atoms with E-state index in [0.717, 1.165) is 18.7 Å². The molecule has 0 unspecified atom stereocenters. The van der Waals surface area contributed by atoms with Gasteiger partial charge >= 0.3 is 0 Å². The predicted octanol–water partition coefficient (Wildman–Crippen LogP) is -0.114. The largest absolute Gasteiger partial charge is 0.496 e. The number of carbonyl (C=O) groups excluding carboxylic acids is 1. The average Bonchev–Trinajstić information content (AvgIpc) is 2.94. The first kappa shape index (κ1) is 19.1. The van der Waals surface area contributed by atoms with Gasteiger partial charge in [0.25, 0.3) is 0 Å². The Morgan fingerprint density at radius 1 is 1.35 bits per heavy atom. The minimum atomic E-state index is -2.94. The Morgan fingerprint density at radius 2 is 2.08 bits per heavy atom. The number of amides is 1. The molecule has 8 heteroatoms. The lowest BCUT2D eigenvalue weighted by Gasteiger charge is -2.33. The lowest BCUT2D eigenvalue weighted by molar-refractivity contribution is -0.917. The van der Waals surface area contributed by atoms with Gasteiger partial charge in [0.2, 0.25) is 5.91 Å². The highest BCUT2D eigenvalue weighted by Gasteiger charge is 2.32. The van der Waals surface area contributed by atoms with Crippen molar-refractivity contribution in [3.05, 3.63) is 29.6 Å². The van der Waals surface area contributed by atoms with Crippen LogP contribution in [0.3, 0.4) is 0 Å². The van der Waals surface area contributed by atoms with Gasteiger partial charge < -0.3 is 14.5 Å². The number of benzene rings is 1. The number of halogens is 1. The molecule has 0 aromatic heterocycles. The first-order valence-electron chi connectivity index (χ1n) is 9.00. The van der Waals surface area contributed by atoms with Crippen LogP contribution in [0.2, 0.25) is 0 Å². The maximum Gasteiger partial charge on any atom is 0.223 e. The van der Waals surface area contributed by atoms with Gasteiger partial charge in [-0.3, -0.25) is 4.79 Å². The van der Waals surface area contributed by atoms with Crippen LogP contribution < -0.4 is 9.64 Å². The van der Waals surface area contributed by atoms with Gasteiger partial charge in [-0.1, -0.05) is 0 Å². The minimum absolute atomic E-state index is 0.0329. The second kappa shape index (κ2) is 7.92. The fourth-order valence-electron chi connectivity index (χ4n) is 3.81. The summed E-state index contributed by atoms with van der Waals surface area (Å²) in [5, 5.41) is 0. The summed E-state index contributed by atoms with van der Waals surface area (Å²) in [5.74, 6) is 0.770. The molecule has 2 aliphatic rings. The highest BCUT2D eigenvalue weighted by molar-refractivity contribution is 7.91. The first-order chi connectivity index (χ1) is 12.4. The summed E-state index contributed by atoms with van der Waals surface area (Å²) in [6, 6.07) is 4.53. The molecule has 26 heavy (non-hydrogen) atoms. The molecule has 2 heterocycles. The van der Waals surface area contributed by atoms with E-state index in [-0.39, 0.29) is 29.1 Å². The third-order valence-corrected chi connectivity index (χ3v) is 7.13. The van der Waals surface area contributed by atoms with Crippen molar-refractivity contribution in [1.29, 1.82) is 0 Å². The van der Waals surface area contributed by atoms with Crippen molar-refractivity contribution >= 4 is 15.7 Å². The second-order valence-electron chi connectivity index (χ2n) is 7.24. The lowest BCUT2D eigenvalue weighted by atomic mass is 10.0. The number of carbonyl (C=O) groups is 1. The van der Waals surface area contributed by atoms with Crippen LogP contribution in [0, 0.1) is 11.7 Å². The zero-order chi connectivity index (χ0) is 18.7. The second-order valence-corrected chi connectivity index (χ2v) is 9.47. The van der Waals surface area contributed by atoms with Crippen LogP contribution in [0.25, 0.3) is 0 Å². The molecule has 1 amide bonds. The molecule has 2 fully saturated rings. The molecule has 0 aliphatic carbocycles. The smallest absolute Gasteiger partial charge is 0.223 e. The van der Waals surface area contributed by atoms with Crippen molar-refractivity contribution in [3.63, 3.8) is 0 Å². The molecule has 6 nitrogen and oxygen atoms in total. The Hall–Kier alpha value is -1.67. The fourth-order valence-corrected chi connectivity index (χ4v) is 5.67. The molecule has 0 radical (unpaired) electrons. The highest BCUT2D eigenvalue weighted by atomic mass is 32.2. The van der Waals surface area contributed by atoms with E-state index < -0.39 is 9.84 Å². The summed E-state index contributed by atoms with van der Waals surface area (Å²) in [5.41, 5.74) is 0.832. The molecular weight excluding hydrogens is 359 g/mol. The van der Waals surface area contributed by atoms with E-state index in [0.29, 0.717) is 38.2 Å². The van der Waals surface area contributed by atoms with E-state index in [2.05, 4.69) is 0 Å². The van der Waals surface area contributed by atoms with E-state index >= 15 is 0 Å². The van der Waals surface area contributed by atoms with Gasteiger partial charge in [-0.25, -0.2) is 12.8 Å². The number of quaternary nitrogens is 1. The molecule has 2 saturated heterocycles. The number of piperazine rings is 1. The molecule has 0 bridgehead atoms. The molecule has 2 aliphatic heterocycles. The Kier molecular flexibility index (Phi) is 5.82. The highest BCUT2D eigenvalue weighted by Crippen LogP contribution is 2.22. The number of sulfone groups is 1. The van der Waals surface area contributed by atoms with E-state index in [1.807, 2.05) is 4.90 Å². The Balaban J connectivity index is 1.50. The Labute approximate surface area is 153 Å². The van der Waals surface area contributed by atoms with Crippen LogP contribution in [-0.2, 0) is 21.2 Å². The van der Waals surface area contributed by atoms with Crippen LogP contribution in [0.4, 0.5) is 4.39 Å². The van der Waals surface area contributed by atoms with Crippen LogP contribution >= 0.6 is 0 Å². The van der Waals surface area contributed by atoms with Crippen LogP contribution in [0.1, 0.15) is 18.4 Å². The number of rotatable bonds is 5. The number of hydrogen-bond donors (Lipinski definition) is 1. The van der Waals surface area contributed by atoms with Gasteiger partial charge in [0.1, 0.15) is 18.1 Å². The molecule has 1 atom stereocenters. The van der Waals surface area contributed by atoms with Gasteiger partial charge in [0, 0.05) is 6.42 Å². The van der Waals surface area contributed by atoms with Crippen molar-refractivity contribution in [2.45, 2.75) is 19.4 Å². The third kappa shape index (κ3) is 4.73. The van der Waals surface area contributed by atoms with E-state index in [9.17, 15) is 17.6 Å². The number of methoxy groups -OCH3 is 1. The van der Waals surface area contributed by atoms with E-state index in [1.165, 1.54) is 17.0 Å². The quantitative estimate of drug-likeness (QED) is 0.768. The van der Waals surface area contributed by atoms with E-state index in [4.69, 9.17) is 4.74 Å². The number of ether oxygens (including phenoxy) is 1. The standard InChI is InChI=1S/C18H25FN2O4S/c1-25-17-3-2-16(19)11-15(17)12-20-5-7-21(8-6-20)18(22)10-14-4-9-26(23,24)13-14/h2-3,11,14H,4-10,12-13H2,1H3/p+1/t14-/m1/s1. The summed E-state index contributed by atoms with van der Waals surface area (Å²) >= 11 is 0. The van der Waals surface area contributed by atoms with Crippen molar-refractivity contribution < 1.29 is 27.2 Å². The van der Waals surface area contributed by atoms with Gasteiger partial charge in [-0.2, -0.15) is 0 Å². The predicted molar refractivity (Wildman–Crippen MR) is 95.3 cm³/mol. The van der Waals surface area contributed by atoms with Crippen molar-refractivity contribution in [3.8, 4) is 5.75 Å². The molecule has 3 rings (SSSR count). The molecule has 1 N–H and O–H groups in total. The molecule has 144 valence electrons. The van der Waals surface area contributed by atoms with Gasteiger partial charge in [-0.05, 0) is 30.5 Å². The van der Waals surface area contributed by atoms with Gasteiger partial charge in [-0.15, -0.1) is 0 Å². The summed E-state index contributed by atoms with van der Waals surface area (Å²) in [4.78, 5) is 15.5. The zero-order valence-electron chi connectivity index (χ0n) is 15.0. The third-order valence-electron chi connectivity index (χ3n) is 5.30. The van der Waals surface area contributed by atoms with Crippen LogP contribution in [0.15, 0.2) is 18.2 Å². The molecule has 0 saturated carbocycles. The van der Waals surface area contributed by atoms with Crippen molar-refractivity contribution in [2.75, 3.05) is 44.8 Å². The van der Waals surface area contributed by atoms with Crippen LogP contribution in [0.5, 0.6) is 5.75 Å². The summed E-state index contributed by atoms with van der Waals surface area (Å²) < 4.78 is 41.8. The normalized spacial score (nSPS) is 23.2. The fraction of sp³-hybridized carbons (Fsp3) is 0.611. The Morgan fingerprint density at radius 3 is 2.69 bits per heavy atom. The van der Waals surface area contributed by atoms with E-state index in [1.54, 1.807) is 13.2 Å². The molecule has 1 aromatic carbocycles. The number of nitrogens with one attached hydrogen (secondary N) is 1. The molecule has 1 aromatic rings.